The van der Waals surface area contributed by atoms with Gasteiger partial charge in [0.1, 0.15) is 11.5 Å². The molecule has 0 heterocycles. The maximum absolute atomic E-state index is 12.2. The molecule has 0 fully saturated rings. The first-order valence-electron chi connectivity index (χ1n) is 7.95. The first-order chi connectivity index (χ1) is 11.3. The first kappa shape index (κ1) is 17.8. The smallest absolute Gasteiger partial charge is 0.336 e. The van der Waals surface area contributed by atoms with Gasteiger partial charge in [-0.05, 0) is 30.5 Å². The number of carbonyl (C=O) groups is 1. The van der Waals surface area contributed by atoms with E-state index in [0.29, 0.717) is 11.5 Å². The van der Waals surface area contributed by atoms with Crippen molar-refractivity contribution in [2.75, 3.05) is 7.11 Å². The van der Waals surface area contributed by atoms with Gasteiger partial charge in [-0.1, -0.05) is 56.7 Å². The van der Waals surface area contributed by atoms with E-state index in [-0.39, 0.29) is 5.41 Å². The molecule has 24 heavy (non-hydrogen) atoms. The SMILES string of the molecule is COc1ccccc1/C=C/C(=O)Oc1ccc(C)cc1C(C)(C)C. The number of methoxy groups -OCH3 is 1. The summed E-state index contributed by atoms with van der Waals surface area (Å²) < 4.78 is 10.8. The average molecular weight is 324 g/mol. The maximum Gasteiger partial charge on any atom is 0.336 e. The van der Waals surface area contributed by atoms with Gasteiger partial charge in [0.15, 0.2) is 0 Å². The summed E-state index contributed by atoms with van der Waals surface area (Å²) in [5.74, 6) is 0.908. The summed E-state index contributed by atoms with van der Waals surface area (Å²) in [6.07, 6.45) is 3.12. The number of esters is 1. The summed E-state index contributed by atoms with van der Waals surface area (Å²) in [6, 6.07) is 13.4. The molecule has 0 spiro atoms. The number of ether oxygens (including phenoxy) is 2. The van der Waals surface area contributed by atoms with Gasteiger partial charge in [-0.15, -0.1) is 0 Å². The predicted octanol–water partition coefficient (Wildman–Crippen LogP) is 4.92. The van der Waals surface area contributed by atoms with Gasteiger partial charge in [0.25, 0.3) is 0 Å². The molecule has 0 unspecified atom stereocenters. The largest absolute Gasteiger partial charge is 0.496 e. The number of para-hydroxylation sites is 1. The molecule has 2 rings (SSSR count). The van der Waals surface area contributed by atoms with E-state index in [1.807, 2.05) is 43.3 Å². The number of aryl methyl sites for hydroxylation is 1. The highest BCUT2D eigenvalue weighted by atomic mass is 16.5. The van der Waals surface area contributed by atoms with Crippen LogP contribution in [0.1, 0.15) is 37.5 Å². The van der Waals surface area contributed by atoms with Gasteiger partial charge in [0.05, 0.1) is 7.11 Å². The minimum Gasteiger partial charge on any atom is -0.496 e. The lowest BCUT2D eigenvalue weighted by molar-refractivity contribution is -0.128. The molecule has 0 bridgehead atoms. The Morgan fingerprint density at radius 2 is 1.75 bits per heavy atom. The Kier molecular flexibility index (Phi) is 5.45. The predicted molar refractivity (Wildman–Crippen MR) is 97.5 cm³/mol. The van der Waals surface area contributed by atoms with Crippen molar-refractivity contribution in [1.82, 2.24) is 0 Å². The van der Waals surface area contributed by atoms with Crippen molar-refractivity contribution in [1.29, 1.82) is 0 Å². The molecule has 0 aromatic heterocycles. The van der Waals surface area contributed by atoms with Crippen molar-refractivity contribution >= 4 is 12.0 Å². The zero-order valence-corrected chi connectivity index (χ0v) is 14.9. The van der Waals surface area contributed by atoms with E-state index in [0.717, 1.165) is 16.7 Å². The topological polar surface area (TPSA) is 35.5 Å². The first-order valence-corrected chi connectivity index (χ1v) is 7.95. The van der Waals surface area contributed by atoms with Gasteiger partial charge in [-0.2, -0.15) is 0 Å². The van der Waals surface area contributed by atoms with Gasteiger partial charge in [-0.25, -0.2) is 4.79 Å². The van der Waals surface area contributed by atoms with Crippen LogP contribution >= 0.6 is 0 Å². The molecule has 2 aromatic rings. The molecule has 3 heteroatoms. The van der Waals surface area contributed by atoms with Gasteiger partial charge >= 0.3 is 5.97 Å². The Morgan fingerprint density at radius 1 is 1.04 bits per heavy atom. The molecule has 0 radical (unpaired) electrons. The van der Waals surface area contributed by atoms with Crippen LogP contribution in [0.25, 0.3) is 6.08 Å². The number of rotatable bonds is 4. The quantitative estimate of drug-likeness (QED) is 0.455. The number of benzene rings is 2. The van der Waals surface area contributed by atoms with Crippen molar-refractivity contribution in [3.63, 3.8) is 0 Å². The minimum atomic E-state index is -0.407. The van der Waals surface area contributed by atoms with E-state index in [1.54, 1.807) is 13.2 Å². The van der Waals surface area contributed by atoms with Crippen LogP contribution < -0.4 is 9.47 Å². The van der Waals surface area contributed by atoms with Crippen LogP contribution in [-0.4, -0.2) is 13.1 Å². The summed E-state index contributed by atoms with van der Waals surface area (Å²) in [7, 11) is 1.60. The molecular weight excluding hydrogens is 300 g/mol. The third-order valence-electron chi connectivity index (χ3n) is 3.69. The zero-order valence-electron chi connectivity index (χ0n) is 14.9. The van der Waals surface area contributed by atoms with Crippen LogP contribution in [0.5, 0.6) is 11.5 Å². The minimum absolute atomic E-state index is 0.103. The molecule has 0 amide bonds. The molecule has 0 saturated heterocycles. The fourth-order valence-corrected chi connectivity index (χ4v) is 2.42. The van der Waals surface area contributed by atoms with Crippen molar-refractivity contribution in [2.24, 2.45) is 0 Å². The Labute approximate surface area is 143 Å². The monoisotopic (exact) mass is 324 g/mol. The Hall–Kier alpha value is -2.55. The lowest BCUT2D eigenvalue weighted by atomic mass is 9.85. The summed E-state index contributed by atoms with van der Waals surface area (Å²) in [5, 5.41) is 0. The standard InChI is InChI=1S/C21H24O3/c1-15-10-12-19(17(14-15)21(2,3)4)24-20(22)13-11-16-8-6-7-9-18(16)23-5/h6-14H,1-5H3/b13-11+. The highest BCUT2D eigenvalue weighted by molar-refractivity contribution is 5.89. The van der Waals surface area contributed by atoms with Crippen molar-refractivity contribution < 1.29 is 14.3 Å². The second kappa shape index (κ2) is 7.35. The van der Waals surface area contributed by atoms with E-state index in [4.69, 9.17) is 9.47 Å². The van der Waals surface area contributed by atoms with E-state index in [2.05, 4.69) is 26.8 Å². The van der Waals surface area contributed by atoms with Crippen molar-refractivity contribution in [2.45, 2.75) is 33.1 Å². The van der Waals surface area contributed by atoms with E-state index in [1.165, 1.54) is 6.08 Å². The van der Waals surface area contributed by atoms with Crippen LogP contribution in [0.4, 0.5) is 0 Å². The molecule has 0 aliphatic rings. The van der Waals surface area contributed by atoms with E-state index < -0.39 is 5.97 Å². The number of hydrogen-bond donors (Lipinski definition) is 0. The molecule has 3 nitrogen and oxygen atoms in total. The van der Waals surface area contributed by atoms with Crippen LogP contribution in [0.3, 0.4) is 0 Å². The van der Waals surface area contributed by atoms with Gasteiger partial charge in [-0.3, -0.25) is 0 Å². The lowest BCUT2D eigenvalue weighted by Crippen LogP contribution is -2.15. The second-order valence-electron chi connectivity index (χ2n) is 6.75. The fourth-order valence-electron chi connectivity index (χ4n) is 2.42. The summed E-state index contributed by atoms with van der Waals surface area (Å²) in [4.78, 5) is 12.2. The normalized spacial score (nSPS) is 11.5. The fraction of sp³-hybridized carbons (Fsp3) is 0.286. The van der Waals surface area contributed by atoms with Gasteiger partial charge in [0, 0.05) is 17.2 Å². The van der Waals surface area contributed by atoms with Gasteiger partial charge < -0.3 is 9.47 Å². The molecule has 0 N–H and O–H groups in total. The molecule has 0 aliphatic heterocycles. The van der Waals surface area contributed by atoms with Crippen LogP contribution in [-0.2, 0) is 10.2 Å². The van der Waals surface area contributed by atoms with Crippen molar-refractivity contribution in [3.8, 4) is 11.5 Å². The lowest BCUT2D eigenvalue weighted by Gasteiger charge is -2.22. The Morgan fingerprint density at radius 3 is 2.42 bits per heavy atom. The van der Waals surface area contributed by atoms with Crippen LogP contribution in [0, 0.1) is 6.92 Å². The second-order valence-corrected chi connectivity index (χ2v) is 6.75. The molecular formula is C21H24O3. The van der Waals surface area contributed by atoms with E-state index in [9.17, 15) is 4.79 Å². The van der Waals surface area contributed by atoms with E-state index >= 15 is 0 Å². The van der Waals surface area contributed by atoms with Crippen LogP contribution in [0.15, 0.2) is 48.5 Å². The van der Waals surface area contributed by atoms with Gasteiger partial charge in [0.2, 0.25) is 0 Å². The molecule has 0 saturated carbocycles. The number of hydrogen-bond acceptors (Lipinski definition) is 3. The number of carbonyl (C=O) groups excluding carboxylic acids is 1. The molecule has 126 valence electrons. The third kappa shape index (κ3) is 4.48. The highest BCUT2D eigenvalue weighted by Gasteiger charge is 2.20. The third-order valence-corrected chi connectivity index (χ3v) is 3.69. The summed E-state index contributed by atoms with van der Waals surface area (Å²) in [6.45, 7) is 8.33. The summed E-state index contributed by atoms with van der Waals surface area (Å²) >= 11 is 0. The summed E-state index contributed by atoms with van der Waals surface area (Å²) in [5.41, 5.74) is 2.89. The zero-order chi connectivity index (χ0) is 17.7. The highest BCUT2D eigenvalue weighted by Crippen LogP contribution is 2.32. The molecule has 0 atom stereocenters. The molecule has 2 aromatic carbocycles. The Bertz CT molecular complexity index is 752. The Balaban J connectivity index is 2.20. The van der Waals surface area contributed by atoms with Crippen molar-refractivity contribution in [3.05, 3.63) is 65.2 Å². The maximum atomic E-state index is 12.2. The average Bonchev–Trinajstić information content (AvgIpc) is 2.54. The molecule has 0 aliphatic carbocycles. The van der Waals surface area contributed by atoms with Crippen LogP contribution in [0.2, 0.25) is 0 Å².